The lowest BCUT2D eigenvalue weighted by Crippen LogP contribution is -2.32. The van der Waals surface area contributed by atoms with E-state index in [1.165, 1.54) is 11.3 Å². The van der Waals surface area contributed by atoms with Crippen molar-refractivity contribution in [3.63, 3.8) is 0 Å². The lowest BCUT2D eigenvalue weighted by molar-refractivity contribution is 0.239. The summed E-state index contributed by atoms with van der Waals surface area (Å²) < 4.78 is 0. The summed E-state index contributed by atoms with van der Waals surface area (Å²) in [6.45, 7) is 9.31. The highest BCUT2D eigenvalue weighted by Crippen LogP contribution is 2.22. The molecule has 0 spiro atoms. The molecule has 1 aliphatic rings. The molecular weight excluding hydrogens is 260 g/mol. The van der Waals surface area contributed by atoms with E-state index in [2.05, 4.69) is 41.7 Å². The third-order valence-electron chi connectivity index (χ3n) is 3.80. The molecule has 0 unspecified atom stereocenters. The maximum absolute atomic E-state index is 4.77. The van der Waals surface area contributed by atoms with Crippen LogP contribution in [0.3, 0.4) is 0 Å². The van der Waals surface area contributed by atoms with Gasteiger partial charge in [0.25, 0.3) is 0 Å². The number of fused-ring (bicyclic) bond motifs is 1. The molecule has 2 aromatic rings. The van der Waals surface area contributed by atoms with Crippen molar-refractivity contribution in [2.75, 3.05) is 6.54 Å². The molecule has 4 heteroatoms. The van der Waals surface area contributed by atoms with E-state index in [1.54, 1.807) is 0 Å². The van der Waals surface area contributed by atoms with Gasteiger partial charge >= 0.3 is 0 Å². The fourth-order valence-electron chi connectivity index (χ4n) is 2.59. The predicted octanol–water partition coefficient (Wildman–Crippen LogP) is 2.73. The summed E-state index contributed by atoms with van der Waals surface area (Å²) in [5, 5.41) is 0. The van der Waals surface area contributed by atoms with E-state index in [0.717, 1.165) is 37.6 Å². The highest BCUT2D eigenvalue weighted by Gasteiger charge is 2.22. The van der Waals surface area contributed by atoms with Gasteiger partial charge in [0.05, 0.1) is 5.69 Å². The van der Waals surface area contributed by atoms with Crippen LogP contribution in [0.1, 0.15) is 43.5 Å². The molecule has 110 valence electrons. The molecule has 0 amide bonds. The molecule has 1 aliphatic heterocycles. The fraction of sp³-hybridized carbons (Fsp3) is 0.471. The summed E-state index contributed by atoms with van der Waals surface area (Å²) in [5.41, 5.74) is 3.60. The molecule has 0 fully saturated rings. The average molecular weight is 282 g/mol. The van der Waals surface area contributed by atoms with E-state index in [9.17, 15) is 0 Å². The third-order valence-corrected chi connectivity index (χ3v) is 3.80. The highest BCUT2D eigenvalue weighted by atomic mass is 15.1. The first-order valence-electron chi connectivity index (χ1n) is 7.50. The van der Waals surface area contributed by atoms with Gasteiger partial charge in [-0.3, -0.25) is 9.88 Å². The first kappa shape index (κ1) is 14.1. The molecule has 0 saturated carbocycles. The van der Waals surface area contributed by atoms with Gasteiger partial charge in [0, 0.05) is 55.1 Å². The lowest BCUT2D eigenvalue weighted by Gasteiger charge is -2.28. The molecule has 0 aliphatic carbocycles. The van der Waals surface area contributed by atoms with Crippen molar-refractivity contribution in [3.05, 3.63) is 53.4 Å². The minimum atomic E-state index is 0.0140. The van der Waals surface area contributed by atoms with Crippen molar-refractivity contribution in [2.24, 2.45) is 0 Å². The molecule has 0 atom stereocenters. The van der Waals surface area contributed by atoms with Gasteiger partial charge in [0.15, 0.2) is 0 Å². The van der Waals surface area contributed by atoms with Crippen LogP contribution < -0.4 is 0 Å². The fourth-order valence-corrected chi connectivity index (χ4v) is 2.59. The van der Waals surface area contributed by atoms with Gasteiger partial charge in [-0.2, -0.15) is 0 Å². The smallest absolute Gasteiger partial charge is 0.133 e. The molecular formula is C17H22N4. The minimum absolute atomic E-state index is 0.0140. The largest absolute Gasteiger partial charge is 0.293 e. The van der Waals surface area contributed by atoms with E-state index in [-0.39, 0.29) is 5.41 Å². The second-order valence-corrected chi connectivity index (χ2v) is 6.70. The topological polar surface area (TPSA) is 41.9 Å². The summed E-state index contributed by atoms with van der Waals surface area (Å²) in [4.78, 5) is 16.1. The monoisotopic (exact) mass is 282 g/mol. The minimum Gasteiger partial charge on any atom is -0.293 e. The Bertz CT molecular complexity index is 616. The molecule has 0 radical (unpaired) electrons. The molecule has 3 rings (SSSR count). The number of rotatable bonds is 2. The Morgan fingerprint density at radius 2 is 2.05 bits per heavy atom. The van der Waals surface area contributed by atoms with Crippen LogP contribution in [0, 0.1) is 0 Å². The number of hydrogen-bond acceptors (Lipinski definition) is 4. The number of nitrogens with zero attached hydrogens (tertiary/aromatic N) is 4. The Hall–Kier alpha value is -1.81. The number of pyridine rings is 1. The molecule has 0 N–H and O–H groups in total. The SMILES string of the molecule is CC(C)(C)c1ncc2c(n1)CCN(Cc1ccccn1)C2. The van der Waals surface area contributed by atoms with E-state index < -0.39 is 0 Å². The van der Waals surface area contributed by atoms with Crippen LogP contribution in [0.5, 0.6) is 0 Å². The van der Waals surface area contributed by atoms with Crippen LogP contribution in [-0.4, -0.2) is 26.4 Å². The van der Waals surface area contributed by atoms with Crippen LogP contribution in [0.15, 0.2) is 30.6 Å². The molecule has 0 saturated heterocycles. The molecule has 0 aromatic carbocycles. The van der Waals surface area contributed by atoms with Crippen molar-refractivity contribution < 1.29 is 0 Å². The van der Waals surface area contributed by atoms with Crippen molar-refractivity contribution in [3.8, 4) is 0 Å². The van der Waals surface area contributed by atoms with Gasteiger partial charge in [-0.05, 0) is 12.1 Å². The van der Waals surface area contributed by atoms with Gasteiger partial charge in [0.2, 0.25) is 0 Å². The number of aromatic nitrogens is 3. The zero-order valence-electron chi connectivity index (χ0n) is 13.0. The highest BCUT2D eigenvalue weighted by molar-refractivity contribution is 5.22. The van der Waals surface area contributed by atoms with Crippen LogP contribution in [-0.2, 0) is 24.9 Å². The van der Waals surface area contributed by atoms with Crippen molar-refractivity contribution in [2.45, 2.75) is 45.7 Å². The summed E-state index contributed by atoms with van der Waals surface area (Å²) in [5.74, 6) is 0.944. The van der Waals surface area contributed by atoms with Gasteiger partial charge in [-0.15, -0.1) is 0 Å². The van der Waals surface area contributed by atoms with Gasteiger partial charge in [-0.1, -0.05) is 26.8 Å². The Labute approximate surface area is 126 Å². The Morgan fingerprint density at radius 3 is 2.76 bits per heavy atom. The normalized spacial score (nSPS) is 15.8. The van der Waals surface area contributed by atoms with Crippen LogP contribution in [0.4, 0.5) is 0 Å². The maximum Gasteiger partial charge on any atom is 0.133 e. The Morgan fingerprint density at radius 1 is 1.19 bits per heavy atom. The quantitative estimate of drug-likeness (QED) is 0.849. The van der Waals surface area contributed by atoms with E-state index in [0.29, 0.717) is 0 Å². The van der Waals surface area contributed by atoms with Crippen LogP contribution in [0.25, 0.3) is 0 Å². The van der Waals surface area contributed by atoms with Crippen molar-refractivity contribution >= 4 is 0 Å². The van der Waals surface area contributed by atoms with E-state index in [4.69, 9.17) is 4.98 Å². The Balaban J connectivity index is 1.74. The first-order valence-corrected chi connectivity index (χ1v) is 7.50. The van der Waals surface area contributed by atoms with Crippen LogP contribution >= 0.6 is 0 Å². The third kappa shape index (κ3) is 3.27. The maximum atomic E-state index is 4.77. The first-order chi connectivity index (χ1) is 10.0. The van der Waals surface area contributed by atoms with Crippen molar-refractivity contribution in [1.29, 1.82) is 0 Å². The lowest BCUT2D eigenvalue weighted by atomic mass is 9.95. The summed E-state index contributed by atoms with van der Waals surface area (Å²) in [7, 11) is 0. The molecule has 0 bridgehead atoms. The molecule has 2 aromatic heterocycles. The summed E-state index contributed by atoms with van der Waals surface area (Å²) in [6, 6.07) is 6.07. The predicted molar refractivity (Wildman–Crippen MR) is 82.8 cm³/mol. The molecule has 3 heterocycles. The average Bonchev–Trinajstić information content (AvgIpc) is 2.47. The van der Waals surface area contributed by atoms with E-state index >= 15 is 0 Å². The molecule has 4 nitrogen and oxygen atoms in total. The summed E-state index contributed by atoms with van der Waals surface area (Å²) in [6.07, 6.45) is 4.85. The number of hydrogen-bond donors (Lipinski definition) is 0. The van der Waals surface area contributed by atoms with Crippen LogP contribution in [0.2, 0.25) is 0 Å². The van der Waals surface area contributed by atoms with E-state index in [1.807, 2.05) is 24.5 Å². The van der Waals surface area contributed by atoms with Gasteiger partial charge in [-0.25, -0.2) is 9.97 Å². The second-order valence-electron chi connectivity index (χ2n) is 6.70. The second kappa shape index (κ2) is 5.53. The molecule has 21 heavy (non-hydrogen) atoms. The van der Waals surface area contributed by atoms with Gasteiger partial charge in [0.1, 0.15) is 5.82 Å². The van der Waals surface area contributed by atoms with Gasteiger partial charge < -0.3 is 0 Å². The zero-order valence-corrected chi connectivity index (χ0v) is 13.0. The zero-order chi connectivity index (χ0) is 14.9. The standard InChI is InChI=1S/C17H22N4/c1-17(2,3)16-19-10-13-11-21(9-7-15(13)20-16)12-14-6-4-5-8-18-14/h4-6,8,10H,7,9,11-12H2,1-3H3. The van der Waals surface area contributed by atoms with Crippen molar-refractivity contribution in [1.82, 2.24) is 19.9 Å². The Kier molecular flexibility index (Phi) is 3.72. The summed E-state index contributed by atoms with van der Waals surface area (Å²) >= 11 is 0.